The lowest BCUT2D eigenvalue weighted by atomic mass is 10.2. The number of benzene rings is 3. The minimum Gasteiger partial charge on any atom is -0.323 e. The molecular formula is C22H14Cl2F6N2O3S. The van der Waals surface area contributed by atoms with Crippen LogP contribution in [0.15, 0.2) is 71.6 Å². The van der Waals surface area contributed by atoms with Gasteiger partial charge in [-0.25, -0.2) is 8.42 Å². The van der Waals surface area contributed by atoms with Gasteiger partial charge in [-0.1, -0.05) is 41.4 Å². The van der Waals surface area contributed by atoms with Crippen LogP contribution in [0.25, 0.3) is 0 Å². The third-order valence-corrected chi connectivity index (χ3v) is 7.18. The van der Waals surface area contributed by atoms with E-state index in [4.69, 9.17) is 23.2 Å². The highest BCUT2D eigenvalue weighted by molar-refractivity contribution is 7.92. The van der Waals surface area contributed by atoms with E-state index in [0.29, 0.717) is 22.5 Å². The van der Waals surface area contributed by atoms with Crippen molar-refractivity contribution in [3.63, 3.8) is 0 Å². The standard InChI is InChI=1S/C22H14Cl2F6N2O3S/c23-17-9-7-14(11-16(17)22(28,29)30)32(36(34,35)15-4-2-1-3-5-15)12-20(33)31-19-10-13(21(25,26)27)6-8-18(19)24/h1-11H,12H2,(H,31,33). The molecule has 0 radical (unpaired) electrons. The average molecular weight is 571 g/mol. The summed E-state index contributed by atoms with van der Waals surface area (Å²) in [6.07, 6.45) is -9.70. The Morgan fingerprint density at radius 1 is 0.833 bits per heavy atom. The number of amides is 1. The number of nitrogens with one attached hydrogen (secondary N) is 1. The van der Waals surface area contributed by atoms with Crippen LogP contribution < -0.4 is 9.62 Å². The zero-order chi connectivity index (χ0) is 26.9. The Kier molecular flexibility index (Phi) is 7.82. The van der Waals surface area contributed by atoms with Gasteiger partial charge in [-0.05, 0) is 48.5 Å². The molecule has 0 unspecified atom stereocenters. The summed E-state index contributed by atoms with van der Waals surface area (Å²) in [6, 6.07) is 10.9. The second-order valence-corrected chi connectivity index (χ2v) is 9.90. The maximum atomic E-state index is 13.4. The molecule has 3 aromatic carbocycles. The van der Waals surface area contributed by atoms with Crippen LogP contribution in [0.2, 0.25) is 10.0 Å². The van der Waals surface area contributed by atoms with Gasteiger partial charge in [-0.2, -0.15) is 26.3 Å². The van der Waals surface area contributed by atoms with Crippen LogP contribution >= 0.6 is 23.2 Å². The molecule has 0 atom stereocenters. The van der Waals surface area contributed by atoms with Gasteiger partial charge >= 0.3 is 12.4 Å². The summed E-state index contributed by atoms with van der Waals surface area (Å²) < 4.78 is 106. The van der Waals surface area contributed by atoms with Gasteiger partial charge in [0.1, 0.15) is 6.54 Å². The second kappa shape index (κ2) is 10.2. The molecule has 5 nitrogen and oxygen atoms in total. The number of carbonyl (C=O) groups excluding carboxylic acids is 1. The molecule has 1 amide bonds. The fourth-order valence-electron chi connectivity index (χ4n) is 3.04. The minimum absolute atomic E-state index is 0.278. The molecular weight excluding hydrogens is 557 g/mol. The molecule has 192 valence electrons. The Hall–Kier alpha value is -2.96. The number of sulfonamides is 1. The molecule has 0 aliphatic carbocycles. The molecule has 14 heteroatoms. The fourth-order valence-corrected chi connectivity index (χ4v) is 4.86. The summed E-state index contributed by atoms with van der Waals surface area (Å²) in [5.41, 5.74) is -3.51. The van der Waals surface area contributed by atoms with E-state index in [2.05, 4.69) is 5.32 Å². The van der Waals surface area contributed by atoms with Crippen molar-refractivity contribution in [2.24, 2.45) is 0 Å². The summed E-state index contributed by atoms with van der Waals surface area (Å²) in [5.74, 6) is -1.17. The predicted molar refractivity (Wildman–Crippen MR) is 123 cm³/mol. The number of hydrogen-bond donors (Lipinski definition) is 1. The Balaban J connectivity index is 2.04. The van der Waals surface area contributed by atoms with Crippen LogP contribution in [0.5, 0.6) is 0 Å². The largest absolute Gasteiger partial charge is 0.417 e. The number of hydrogen-bond acceptors (Lipinski definition) is 3. The lowest BCUT2D eigenvalue weighted by Crippen LogP contribution is -2.38. The van der Waals surface area contributed by atoms with Crippen molar-refractivity contribution in [2.45, 2.75) is 17.2 Å². The SMILES string of the molecule is O=C(CN(c1ccc(Cl)c(C(F)(F)F)c1)S(=O)(=O)c1ccccc1)Nc1cc(C(F)(F)F)ccc1Cl. The van der Waals surface area contributed by atoms with E-state index < -0.39 is 62.4 Å². The molecule has 3 aromatic rings. The topological polar surface area (TPSA) is 66.5 Å². The van der Waals surface area contributed by atoms with Gasteiger partial charge in [0.2, 0.25) is 5.91 Å². The lowest BCUT2D eigenvalue weighted by Gasteiger charge is -2.25. The first-order valence-electron chi connectivity index (χ1n) is 9.72. The molecule has 0 aromatic heterocycles. The Bertz CT molecular complexity index is 1380. The summed E-state index contributed by atoms with van der Waals surface area (Å²) in [7, 11) is -4.61. The van der Waals surface area contributed by atoms with Gasteiger partial charge in [0.15, 0.2) is 0 Å². The summed E-state index contributed by atoms with van der Waals surface area (Å²) in [4.78, 5) is 12.4. The number of carbonyl (C=O) groups is 1. The van der Waals surface area contributed by atoms with Gasteiger partial charge in [0.05, 0.1) is 37.4 Å². The molecule has 0 heterocycles. The van der Waals surface area contributed by atoms with E-state index in [0.717, 1.165) is 30.3 Å². The normalized spacial score (nSPS) is 12.3. The minimum atomic E-state index is -4.94. The summed E-state index contributed by atoms with van der Waals surface area (Å²) in [5, 5.41) is 1.09. The zero-order valence-electron chi connectivity index (χ0n) is 17.7. The van der Waals surface area contributed by atoms with Gasteiger partial charge in [0, 0.05) is 0 Å². The summed E-state index contributed by atoms with van der Waals surface area (Å²) in [6.45, 7) is -1.09. The van der Waals surface area contributed by atoms with Gasteiger partial charge in [-0.15, -0.1) is 0 Å². The maximum absolute atomic E-state index is 13.4. The molecule has 36 heavy (non-hydrogen) atoms. The molecule has 0 aliphatic rings. The first-order valence-corrected chi connectivity index (χ1v) is 11.9. The number of halogens is 8. The van der Waals surface area contributed by atoms with Crippen LogP contribution in [-0.2, 0) is 27.2 Å². The second-order valence-electron chi connectivity index (χ2n) is 7.23. The molecule has 0 saturated carbocycles. The van der Waals surface area contributed by atoms with Crippen LogP contribution in [-0.4, -0.2) is 20.9 Å². The third kappa shape index (κ3) is 6.23. The van der Waals surface area contributed by atoms with Crippen molar-refractivity contribution in [3.8, 4) is 0 Å². The molecule has 0 fully saturated rings. The summed E-state index contributed by atoms with van der Waals surface area (Å²) >= 11 is 11.5. The fraction of sp³-hybridized carbons (Fsp3) is 0.136. The lowest BCUT2D eigenvalue weighted by molar-refractivity contribution is -0.138. The van der Waals surface area contributed by atoms with Crippen LogP contribution in [0, 0.1) is 0 Å². The van der Waals surface area contributed by atoms with Gasteiger partial charge in [-0.3, -0.25) is 9.10 Å². The first kappa shape index (κ1) is 27.6. The highest BCUT2D eigenvalue weighted by Crippen LogP contribution is 2.38. The highest BCUT2D eigenvalue weighted by atomic mass is 35.5. The molecule has 0 spiro atoms. The number of alkyl halides is 6. The highest BCUT2D eigenvalue weighted by Gasteiger charge is 2.36. The molecule has 3 rings (SSSR count). The average Bonchev–Trinajstić information content (AvgIpc) is 2.78. The van der Waals surface area contributed by atoms with E-state index in [1.807, 2.05) is 0 Å². The quantitative estimate of drug-likeness (QED) is 0.329. The van der Waals surface area contributed by atoms with Crippen molar-refractivity contribution < 1.29 is 39.6 Å². The van der Waals surface area contributed by atoms with Crippen molar-refractivity contribution in [1.82, 2.24) is 0 Å². The van der Waals surface area contributed by atoms with Crippen LogP contribution in [0.1, 0.15) is 11.1 Å². The number of anilines is 2. The third-order valence-electron chi connectivity index (χ3n) is 4.73. The number of nitrogens with zero attached hydrogens (tertiary/aromatic N) is 1. The monoisotopic (exact) mass is 570 g/mol. The predicted octanol–water partition coefficient (Wildman–Crippen LogP) is 6.87. The number of rotatable bonds is 6. The van der Waals surface area contributed by atoms with Crippen molar-refractivity contribution in [1.29, 1.82) is 0 Å². The van der Waals surface area contributed by atoms with E-state index in [-0.39, 0.29) is 9.92 Å². The van der Waals surface area contributed by atoms with E-state index in [9.17, 15) is 39.6 Å². The molecule has 0 aliphatic heterocycles. The Morgan fingerprint density at radius 2 is 1.44 bits per heavy atom. The Labute approximate surface area is 211 Å². The van der Waals surface area contributed by atoms with Crippen molar-refractivity contribution in [3.05, 3.63) is 87.9 Å². The first-order chi connectivity index (χ1) is 16.6. The van der Waals surface area contributed by atoms with E-state index >= 15 is 0 Å². The smallest absolute Gasteiger partial charge is 0.323 e. The molecule has 1 N–H and O–H groups in total. The molecule has 0 bridgehead atoms. The van der Waals surface area contributed by atoms with E-state index in [1.165, 1.54) is 18.2 Å². The van der Waals surface area contributed by atoms with Crippen molar-refractivity contribution in [2.75, 3.05) is 16.2 Å². The van der Waals surface area contributed by atoms with Crippen LogP contribution in [0.4, 0.5) is 37.7 Å². The Morgan fingerprint density at radius 3 is 2.03 bits per heavy atom. The van der Waals surface area contributed by atoms with Crippen LogP contribution in [0.3, 0.4) is 0 Å². The maximum Gasteiger partial charge on any atom is 0.417 e. The van der Waals surface area contributed by atoms with Gasteiger partial charge in [0.25, 0.3) is 10.0 Å². The molecule has 0 saturated heterocycles. The van der Waals surface area contributed by atoms with Gasteiger partial charge < -0.3 is 5.32 Å². The van der Waals surface area contributed by atoms with E-state index in [1.54, 1.807) is 0 Å². The zero-order valence-corrected chi connectivity index (χ0v) is 20.0. The van der Waals surface area contributed by atoms with Crippen molar-refractivity contribution >= 4 is 50.5 Å².